The summed E-state index contributed by atoms with van der Waals surface area (Å²) in [7, 11) is 1.59. The maximum atomic E-state index is 13.6. The van der Waals surface area contributed by atoms with E-state index in [1.54, 1.807) is 55.3 Å². The van der Waals surface area contributed by atoms with Gasteiger partial charge in [0.15, 0.2) is 5.78 Å². The molecule has 39 heavy (non-hydrogen) atoms. The highest BCUT2D eigenvalue weighted by molar-refractivity contribution is 6.06. The Morgan fingerprint density at radius 1 is 0.974 bits per heavy atom. The molecule has 1 fully saturated rings. The summed E-state index contributed by atoms with van der Waals surface area (Å²) in [6.07, 6.45) is 1.81. The van der Waals surface area contributed by atoms with Crippen molar-refractivity contribution in [3.05, 3.63) is 89.7 Å². The lowest BCUT2D eigenvalue weighted by Crippen LogP contribution is -2.42. The molecular formula is C31H34FN3O4. The molecule has 1 heterocycles. The number of ether oxygens (including phenoxy) is 1. The van der Waals surface area contributed by atoms with E-state index in [0.717, 1.165) is 18.8 Å². The highest BCUT2D eigenvalue weighted by Gasteiger charge is 2.27. The van der Waals surface area contributed by atoms with Crippen molar-refractivity contribution in [3.63, 3.8) is 0 Å². The predicted octanol–water partition coefficient (Wildman–Crippen LogP) is 5.42. The Labute approximate surface area is 228 Å². The first-order valence-corrected chi connectivity index (χ1v) is 13.3. The van der Waals surface area contributed by atoms with Crippen LogP contribution in [0.3, 0.4) is 0 Å². The van der Waals surface area contributed by atoms with Crippen molar-refractivity contribution < 1.29 is 23.5 Å². The highest BCUT2D eigenvalue weighted by Crippen LogP contribution is 2.25. The minimum Gasteiger partial charge on any atom is -0.497 e. The number of anilines is 2. The second-order valence-corrected chi connectivity index (χ2v) is 9.62. The lowest BCUT2D eigenvalue weighted by Gasteiger charge is -2.33. The molecular weight excluding hydrogens is 497 g/mol. The fourth-order valence-electron chi connectivity index (χ4n) is 4.74. The van der Waals surface area contributed by atoms with Crippen LogP contribution >= 0.6 is 0 Å². The average molecular weight is 532 g/mol. The molecule has 1 saturated heterocycles. The van der Waals surface area contributed by atoms with Gasteiger partial charge >= 0.3 is 0 Å². The maximum absolute atomic E-state index is 13.6. The topological polar surface area (TPSA) is 79.0 Å². The summed E-state index contributed by atoms with van der Waals surface area (Å²) < 4.78 is 18.6. The highest BCUT2D eigenvalue weighted by atomic mass is 19.1. The lowest BCUT2D eigenvalue weighted by molar-refractivity contribution is -0.115. The molecule has 0 unspecified atom stereocenters. The first-order valence-electron chi connectivity index (χ1n) is 13.3. The zero-order chi connectivity index (χ0) is 27.8. The van der Waals surface area contributed by atoms with E-state index in [1.807, 2.05) is 24.3 Å². The summed E-state index contributed by atoms with van der Waals surface area (Å²) in [6.45, 7) is 4.36. The molecule has 2 amide bonds. The minimum atomic E-state index is -0.351. The van der Waals surface area contributed by atoms with Crippen LogP contribution in [0.1, 0.15) is 46.9 Å². The van der Waals surface area contributed by atoms with E-state index >= 15 is 0 Å². The van der Waals surface area contributed by atoms with Gasteiger partial charge in [0.25, 0.3) is 5.91 Å². The predicted molar refractivity (Wildman–Crippen MR) is 150 cm³/mol. The number of amides is 2. The van der Waals surface area contributed by atoms with Crippen LogP contribution in [-0.4, -0.2) is 55.8 Å². The fraction of sp³-hybridized carbons (Fsp3) is 0.323. The normalized spacial score (nSPS) is 14.0. The average Bonchev–Trinajstić information content (AvgIpc) is 2.98. The smallest absolute Gasteiger partial charge is 0.258 e. The van der Waals surface area contributed by atoms with Gasteiger partial charge in [-0.25, -0.2) is 4.39 Å². The van der Waals surface area contributed by atoms with E-state index in [0.29, 0.717) is 54.9 Å². The van der Waals surface area contributed by atoms with Gasteiger partial charge in [-0.1, -0.05) is 13.0 Å². The van der Waals surface area contributed by atoms with Crippen LogP contribution in [0.25, 0.3) is 0 Å². The summed E-state index contributed by atoms with van der Waals surface area (Å²) in [6, 6.07) is 20.0. The molecule has 4 rings (SSSR count). The summed E-state index contributed by atoms with van der Waals surface area (Å²) in [4.78, 5) is 42.2. The number of hydrogen-bond donors (Lipinski definition) is 1. The minimum absolute atomic E-state index is 0.0569. The Hall–Kier alpha value is -4.04. The molecule has 1 aliphatic rings. The van der Waals surface area contributed by atoms with Gasteiger partial charge in [0.2, 0.25) is 5.91 Å². The molecule has 0 radical (unpaired) electrons. The standard InChI is InChI=1S/C31H34FN3O4/c1-3-29(36)33-26-13-9-24(10-14-26)31(38)35(27-5-4-6-28(21-27)39-2)20-19-34-17-15-23(16-18-34)30(37)22-7-11-25(32)12-8-22/h4-14,21,23H,3,15-20H2,1-2H3,(H,33,36). The van der Waals surface area contributed by atoms with Crippen LogP contribution in [0.2, 0.25) is 0 Å². The zero-order valence-electron chi connectivity index (χ0n) is 22.4. The van der Waals surface area contributed by atoms with Gasteiger partial charge in [0, 0.05) is 54.0 Å². The number of Topliss-reactive ketones (excluding diaryl/α,β-unsaturated/α-hetero) is 1. The van der Waals surface area contributed by atoms with E-state index in [1.165, 1.54) is 12.1 Å². The molecule has 0 aromatic heterocycles. The Bertz CT molecular complexity index is 1290. The van der Waals surface area contributed by atoms with Crippen molar-refractivity contribution in [1.29, 1.82) is 0 Å². The van der Waals surface area contributed by atoms with Crippen molar-refractivity contribution in [2.45, 2.75) is 26.2 Å². The number of rotatable bonds is 10. The van der Waals surface area contributed by atoms with Gasteiger partial charge in [-0.2, -0.15) is 0 Å². The molecule has 3 aromatic carbocycles. The summed E-state index contributed by atoms with van der Waals surface area (Å²) in [5.41, 5.74) is 2.43. The second kappa shape index (κ2) is 13.2. The summed E-state index contributed by atoms with van der Waals surface area (Å²) in [5.74, 6) is 0.0305. The van der Waals surface area contributed by atoms with Gasteiger partial charge in [0.05, 0.1) is 7.11 Å². The molecule has 7 nitrogen and oxygen atoms in total. The Morgan fingerprint density at radius 3 is 2.28 bits per heavy atom. The van der Waals surface area contributed by atoms with Crippen molar-refractivity contribution in [1.82, 2.24) is 4.90 Å². The van der Waals surface area contributed by atoms with E-state index < -0.39 is 0 Å². The molecule has 0 saturated carbocycles. The monoisotopic (exact) mass is 531 g/mol. The summed E-state index contributed by atoms with van der Waals surface area (Å²) in [5, 5.41) is 2.80. The number of likely N-dealkylation sites (tertiary alicyclic amines) is 1. The van der Waals surface area contributed by atoms with Gasteiger partial charge in [-0.3, -0.25) is 14.4 Å². The molecule has 0 aliphatic carbocycles. The quantitative estimate of drug-likeness (QED) is 0.353. The molecule has 0 bridgehead atoms. The first-order chi connectivity index (χ1) is 18.9. The Kier molecular flexibility index (Phi) is 9.44. The Morgan fingerprint density at radius 2 is 1.64 bits per heavy atom. The van der Waals surface area contributed by atoms with Crippen molar-refractivity contribution >= 4 is 29.0 Å². The van der Waals surface area contributed by atoms with Crippen molar-refractivity contribution in [3.8, 4) is 5.75 Å². The second-order valence-electron chi connectivity index (χ2n) is 9.62. The summed E-state index contributed by atoms with van der Waals surface area (Å²) >= 11 is 0. The number of nitrogens with one attached hydrogen (secondary N) is 1. The van der Waals surface area contributed by atoms with Crippen LogP contribution < -0.4 is 15.0 Å². The SMILES string of the molecule is CCC(=O)Nc1ccc(C(=O)N(CCN2CCC(C(=O)c3ccc(F)cc3)CC2)c2cccc(OC)c2)cc1. The molecule has 8 heteroatoms. The molecule has 204 valence electrons. The molecule has 3 aromatic rings. The molecule has 1 aliphatic heterocycles. The van der Waals surface area contributed by atoms with E-state index in [2.05, 4.69) is 10.2 Å². The third-order valence-electron chi connectivity index (χ3n) is 7.07. The number of hydrogen-bond acceptors (Lipinski definition) is 5. The molecule has 0 spiro atoms. The number of nitrogens with zero attached hydrogens (tertiary/aromatic N) is 2. The van der Waals surface area contributed by atoms with Gasteiger partial charge in [0.1, 0.15) is 11.6 Å². The Balaban J connectivity index is 1.42. The van der Waals surface area contributed by atoms with Crippen LogP contribution in [0.5, 0.6) is 5.75 Å². The van der Waals surface area contributed by atoms with Gasteiger partial charge < -0.3 is 19.9 Å². The maximum Gasteiger partial charge on any atom is 0.258 e. The third-order valence-corrected chi connectivity index (χ3v) is 7.07. The zero-order valence-corrected chi connectivity index (χ0v) is 22.4. The molecule has 1 N–H and O–H groups in total. The van der Waals surface area contributed by atoms with Crippen LogP contribution in [-0.2, 0) is 4.79 Å². The van der Waals surface area contributed by atoms with Crippen LogP contribution in [0.4, 0.5) is 15.8 Å². The number of carbonyl (C=O) groups is 3. The van der Waals surface area contributed by atoms with E-state index in [4.69, 9.17) is 4.74 Å². The third kappa shape index (κ3) is 7.29. The fourth-order valence-corrected chi connectivity index (χ4v) is 4.74. The van der Waals surface area contributed by atoms with Gasteiger partial charge in [-0.15, -0.1) is 0 Å². The number of benzene rings is 3. The van der Waals surface area contributed by atoms with Crippen LogP contribution in [0, 0.1) is 11.7 Å². The lowest BCUT2D eigenvalue weighted by atomic mass is 9.89. The van der Waals surface area contributed by atoms with Crippen molar-refractivity contribution in [2.24, 2.45) is 5.92 Å². The number of piperidine rings is 1. The van der Waals surface area contributed by atoms with E-state index in [9.17, 15) is 18.8 Å². The molecule has 0 atom stereocenters. The number of methoxy groups -OCH3 is 1. The van der Waals surface area contributed by atoms with E-state index in [-0.39, 0.29) is 29.3 Å². The number of ketones is 1. The largest absolute Gasteiger partial charge is 0.497 e. The van der Waals surface area contributed by atoms with Crippen LogP contribution in [0.15, 0.2) is 72.8 Å². The van der Waals surface area contributed by atoms with Gasteiger partial charge in [-0.05, 0) is 86.6 Å². The number of carbonyl (C=O) groups excluding carboxylic acids is 3. The van der Waals surface area contributed by atoms with Crippen molar-refractivity contribution in [2.75, 3.05) is 43.5 Å². The first kappa shape index (κ1) is 28.0. The number of halogens is 1.